The van der Waals surface area contributed by atoms with Crippen LogP contribution in [-0.2, 0) is 0 Å². The Kier molecular flexibility index (Phi) is 6.78. The quantitative estimate of drug-likeness (QED) is 0.194. The van der Waals surface area contributed by atoms with Crippen LogP contribution in [0.1, 0.15) is 0 Å². The smallest absolute Gasteiger partial charge is 0.132 e. The molecular formula is C42H29O2P. The lowest BCUT2D eigenvalue weighted by Crippen LogP contribution is -2.22. The lowest BCUT2D eigenvalue weighted by Gasteiger charge is -2.25. The SMILES string of the molecule is Oc1ccc2ccccc2c1-c1c(O)c(-c2c(P(c3ccccc3)c3ccccc3)ccc3ccccc23)cc2ccccc12. The Labute approximate surface area is 263 Å². The Hall–Kier alpha value is -5.43. The monoisotopic (exact) mass is 596 g/mol. The molecule has 0 atom stereocenters. The normalized spacial score (nSPS) is 11.5. The van der Waals surface area contributed by atoms with Gasteiger partial charge in [-0.1, -0.05) is 152 Å². The fourth-order valence-corrected chi connectivity index (χ4v) is 9.10. The Bertz CT molecular complexity index is 2310. The maximum Gasteiger partial charge on any atom is 0.132 e. The summed E-state index contributed by atoms with van der Waals surface area (Å²) in [5, 5.41) is 33.6. The van der Waals surface area contributed by atoms with E-state index in [1.165, 1.54) is 15.9 Å². The summed E-state index contributed by atoms with van der Waals surface area (Å²) in [4.78, 5) is 0. The zero-order chi connectivity index (χ0) is 30.3. The molecule has 8 aromatic carbocycles. The molecule has 8 aromatic rings. The van der Waals surface area contributed by atoms with Crippen LogP contribution in [0.5, 0.6) is 11.5 Å². The second-order valence-electron chi connectivity index (χ2n) is 11.2. The number of aromatic hydroxyl groups is 2. The van der Waals surface area contributed by atoms with Crippen molar-refractivity contribution in [2.75, 3.05) is 0 Å². The van der Waals surface area contributed by atoms with Crippen molar-refractivity contribution in [3.8, 4) is 33.8 Å². The Morgan fingerprint density at radius 2 is 0.844 bits per heavy atom. The summed E-state index contributed by atoms with van der Waals surface area (Å²) >= 11 is 0. The predicted octanol–water partition coefficient (Wildman–Crippen LogP) is 9.65. The summed E-state index contributed by atoms with van der Waals surface area (Å²) in [6, 6.07) is 56.1. The summed E-state index contributed by atoms with van der Waals surface area (Å²) in [5.41, 5.74) is 3.04. The van der Waals surface area contributed by atoms with Crippen LogP contribution in [0.15, 0.2) is 164 Å². The molecule has 0 amide bonds. The fourth-order valence-electron chi connectivity index (χ4n) is 6.61. The molecule has 8 rings (SSSR count). The van der Waals surface area contributed by atoms with E-state index >= 15 is 0 Å². The van der Waals surface area contributed by atoms with Gasteiger partial charge in [0.05, 0.1) is 0 Å². The van der Waals surface area contributed by atoms with Crippen LogP contribution in [0.2, 0.25) is 0 Å². The second-order valence-corrected chi connectivity index (χ2v) is 13.4. The maximum atomic E-state index is 12.6. The Balaban J connectivity index is 1.52. The molecule has 0 radical (unpaired) electrons. The van der Waals surface area contributed by atoms with E-state index < -0.39 is 7.92 Å². The third-order valence-electron chi connectivity index (χ3n) is 8.62. The van der Waals surface area contributed by atoms with Crippen LogP contribution in [0.4, 0.5) is 0 Å². The zero-order valence-corrected chi connectivity index (χ0v) is 25.3. The van der Waals surface area contributed by atoms with E-state index in [-0.39, 0.29) is 11.5 Å². The summed E-state index contributed by atoms with van der Waals surface area (Å²) < 4.78 is 0. The highest BCUT2D eigenvalue weighted by atomic mass is 31.1. The molecule has 2 nitrogen and oxygen atoms in total. The maximum absolute atomic E-state index is 12.6. The van der Waals surface area contributed by atoms with Crippen LogP contribution in [0, 0.1) is 0 Å². The molecule has 0 fully saturated rings. The Morgan fingerprint density at radius 1 is 0.378 bits per heavy atom. The minimum absolute atomic E-state index is 0.139. The molecule has 0 aliphatic carbocycles. The van der Waals surface area contributed by atoms with Gasteiger partial charge in [-0.25, -0.2) is 0 Å². The first-order chi connectivity index (χ1) is 22.2. The van der Waals surface area contributed by atoms with Crippen molar-refractivity contribution < 1.29 is 10.2 Å². The van der Waals surface area contributed by atoms with Gasteiger partial charge in [-0.15, -0.1) is 0 Å². The van der Waals surface area contributed by atoms with Gasteiger partial charge >= 0.3 is 0 Å². The van der Waals surface area contributed by atoms with Crippen molar-refractivity contribution in [2.45, 2.75) is 0 Å². The molecule has 2 N–H and O–H groups in total. The van der Waals surface area contributed by atoms with Gasteiger partial charge in [0.25, 0.3) is 0 Å². The third kappa shape index (κ3) is 4.63. The Morgan fingerprint density at radius 3 is 1.44 bits per heavy atom. The van der Waals surface area contributed by atoms with E-state index in [0.717, 1.165) is 43.4 Å². The average molecular weight is 597 g/mol. The van der Waals surface area contributed by atoms with E-state index in [0.29, 0.717) is 11.1 Å². The van der Waals surface area contributed by atoms with Gasteiger partial charge in [0.2, 0.25) is 0 Å². The van der Waals surface area contributed by atoms with E-state index in [1.54, 1.807) is 6.07 Å². The predicted molar refractivity (Wildman–Crippen MR) is 192 cm³/mol. The van der Waals surface area contributed by atoms with Gasteiger partial charge in [-0.3, -0.25) is 0 Å². The number of fused-ring (bicyclic) bond motifs is 3. The third-order valence-corrected chi connectivity index (χ3v) is 11.1. The topological polar surface area (TPSA) is 40.5 Å². The van der Waals surface area contributed by atoms with Gasteiger partial charge in [-0.2, -0.15) is 0 Å². The molecule has 3 heteroatoms. The molecule has 0 unspecified atom stereocenters. The van der Waals surface area contributed by atoms with Crippen molar-refractivity contribution in [3.05, 3.63) is 164 Å². The van der Waals surface area contributed by atoms with Crippen LogP contribution < -0.4 is 15.9 Å². The first kappa shape index (κ1) is 27.1. The molecule has 0 saturated carbocycles. The molecule has 0 saturated heterocycles. The van der Waals surface area contributed by atoms with Crippen molar-refractivity contribution >= 4 is 56.2 Å². The molecule has 0 bridgehead atoms. The second kappa shape index (κ2) is 11.2. The largest absolute Gasteiger partial charge is 0.507 e. The summed E-state index contributed by atoms with van der Waals surface area (Å²) in [6.45, 7) is 0. The lowest BCUT2D eigenvalue weighted by molar-refractivity contribution is 0.471. The van der Waals surface area contributed by atoms with Crippen LogP contribution in [0.25, 0.3) is 54.6 Å². The van der Waals surface area contributed by atoms with Gasteiger partial charge in [-0.05, 0) is 68.3 Å². The van der Waals surface area contributed by atoms with E-state index in [4.69, 9.17) is 0 Å². The molecule has 45 heavy (non-hydrogen) atoms. The molecule has 0 aliphatic heterocycles. The van der Waals surface area contributed by atoms with Crippen molar-refractivity contribution in [1.82, 2.24) is 0 Å². The zero-order valence-electron chi connectivity index (χ0n) is 24.4. The van der Waals surface area contributed by atoms with Crippen molar-refractivity contribution in [2.24, 2.45) is 0 Å². The highest BCUT2D eigenvalue weighted by Crippen LogP contribution is 2.50. The molecule has 214 valence electrons. The molecule has 0 spiro atoms. The number of hydrogen-bond acceptors (Lipinski definition) is 2. The standard InChI is InChI=1S/C42H29O2P/c43-37-25-23-28-13-8-11-21-34(28)40(37)41-35-22-12-9-15-30(35)27-36(42(41)44)39-33-20-10-7-14-29(33)24-26-38(39)45(31-16-3-1-4-17-31)32-18-5-2-6-19-32/h1-27,43-44H. The number of phenolic OH excluding ortho intramolecular Hbond substituents is 2. The summed E-state index contributed by atoms with van der Waals surface area (Å²) in [7, 11) is -0.978. The van der Waals surface area contributed by atoms with E-state index in [1.807, 2.05) is 48.5 Å². The minimum atomic E-state index is -0.978. The summed E-state index contributed by atoms with van der Waals surface area (Å²) in [5.74, 6) is 0.300. The average Bonchev–Trinajstić information content (AvgIpc) is 3.10. The van der Waals surface area contributed by atoms with E-state index in [9.17, 15) is 10.2 Å². The number of benzene rings is 8. The molecular weight excluding hydrogens is 567 g/mol. The molecule has 0 aliphatic rings. The highest BCUT2D eigenvalue weighted by molar-refractivity contribution is 7.80. The fraction of sp³-hybridized carbons (Fsp3) is 0. The minimum Gasteiger partial charge on any atom is -0.507 e. The number of rotatable bonds is 5. The van der Waals surface area contributed by atoms with Gasteiger partial charge in [0.15, 0.2) is 0 Å². The van der Waals surface area contributed by atoms with Crippen LogP contribution in [-0.4, -0.2) is 10.2 Å². The number of hydrogen-bond donors (Lipinski definition) is 2. The van der Waals surface area contributed by atoms with Crippen LogP contribution in [0.3, 0.4) is 0 Å². The van der Waals surface area contributed by atoms with Crippen molar-refractivity contribution in [3.63, 3.8) is 0 Å². The molecule has 0 heterocycles. The van der Waals surface area contributed by atoms with Gasteiger partial charge in [0.1, 0.15) is 11.5 Å². The highest BCUT2D eigenvalue weighted by Gasteiger charge is 2.26. The van der Waals surface area contributed by atoms with Gasteiger partial charge < -0.3 is 10.2 Å². The number of phenols is 2. The van der Waals surface area contributed by atoms with Crippen molar-refractivity contribution in [1.29, 1.82) is 0 Å². The first-order valence-electron chi connectivity index (χ1n) is 15.1. The molecule has 0 aromatic heterocycles. The lowest BCUT2D eigenvalue weighted by atomic mass is 9.87. The van der Waals surface area contributed by atoms with Crippen LogP contribution >= 0.6 is 7.92 Å². The summed E-state index contributed by atoms with van der Waals surface area (Å²) in [6.07, 6.45) is 0. The van der Waals surface area contributed by atoms with Gasteiger partial charge in [0, 0.05) is 22.3 Å². The first-order valence-corrected chi connectivity index (χ1v) is 16.4. The van der Waals surface area contributed by atoms with E-state index in [2.05, 4.69) is 109 Å².